The van der Waals surface area contributed by atoms with E-state index in [1.807, 2.05) is 24.3 Å². The smallest absolute Gasteiger partial charge is 0.119 e. The van der Waals surface area contributed by atoms with Gasteiger partial charge in [-0.3, -0.25) is 4.98 Å². The molecule has 1 N–H and O–H groups in total. The third-order valence-electron chi connectivity index (χ3n) is 6.28. The summed E-state index contributed by atoms with van der Waals surface area (Å²) in [6.45, 7) is 4.01. The highest BCUT2D eigenvalue weighted by atomic mass is 35.5. The van der Waals surface area contributed by atoms with Crippen LogP contribution in [0.5, 0.6) is 5.75 Å². The van der Waals surface area contributed by atoms with Crippen LogP contribution in [-0.4, -0.2) is 17.2 Å². The summed E-state index contributed by atoms with van der Waals surface area (Å²) in [5.74, 6) is 3.08. The fourth-order valence-corrected chi connectivity index (χ4v) is 4.96. The predicted octanol–water partition coefficient (Wildman–Crippen LogP) is 4.94. The maximum atomic E-state index is 11.2. The molecule has 134 valence electrons. The Morgan fingerprint density at radius 2 is 2.04 bits per heavy atom. The van der Waals surface area contributed by atoms with Crippen molar-refractivity contribution in [1.29, 1.82) is 0 Å². The van der Waals surface area contributed by atoms with E-state index in [9.17, 15) is 5.11 Å². The monoisotopic (exact) mass is 359 g/mol. The molecule has 0 amide bonds. The summed E-state index contributed by atoms with van der Waals surface area (Å²) in [6.07, 6.45) is 8.32. The average Bonchev–Trinajstić information content (AvgIpc) is 2.66. The van der Waals surface area contributed by atoms with Crippen LogP contribution in [0.15, 0.2) is 43.1 Å². The fraction of sp³-hybridized carbons (Fsp3) is 0.476. The Bertz CT molecular complexity index is 763. The molecule has 1 aromatic heterocycles. The van der Waals surface area contributed by atoms with E-state index >= 15 is 0 Å². The minimum Gasteiger partial charge on any atom is -0.497 e. The molecule has 2 unspecified atom stereocenters. The van der Waals surface area contributed by atoms with Crippen LogP contribution in [0.3, 0.4) is 0 Å². The number of aliphatic hydroxyl groups excluding tert-OH is 1. The lowest BCUT2D eigenvalue weighted by Gasteiger charge is -2.48. The van der Waals surface area contributed by atoms with Gasteiger partial charge in [-0.05, 0) is 79.2 Å². The zero-order valence-electron chi connectivity index (χ0n) is 14.6. The van der Waals surface area contributed by atoms with Crippen LogP contribution in [0.1, 0.15) is 37.4 Å². The fourth-order valence-electron chi connectivity index (χ4n) is 4.96. The molecule has 0 radical (unpaired) electrons. The molecule has 3 fully saturated rings. The molecule has 0 spiro atoms. The minimum atomic E-state index is -0.429. The molecule has 2 bridgehead atoms. The standard InChI is InChI=1S/C21H25NO2.ClH/c1-3-13-10-15-5-4-14(13)11-18(15)21(23)17-8-9-22-20-7-6-16(24-2)12-19(17)20;/h3,6-9,12-15,18,21,23H,1,4-5,10-11H2,2H3;1H/t13?,14-,15?,18+,21+;/m0./s1. The first kappa shape index (κ1) is 18.2. The predicted molar refractivity (Wildman–Crippen MR) is 103 cm³/mol. The largest absolute Gasteiger partial charge is 0.497 e. The topological polar surface area (TPSA) is 42.4 Å². The summed E-state index contributed by atoms with van der Waals surface area (Å²) >= 11 is 0. The second-order valence-electron chi connectivity index (χ2n) is 7.36. The maximum Gasteiger partial charge on any atom is 0.119 e. The maximum absolute atomic E-state index is 11.2. The van der Waals surface area contributed by atoms with Gasteiger partial charge in [0.2, 0.25) is 0 Å². The van der Waals surface area contributed by atoms with Crippen LogP contribution >= 0.6 is 12.4 Å². The summed E-state index contributed by atoms with van der Waals surface area (Å²) in [5.41, 5.74) is 1.91. The molecule has 3 nitrogen and oxygen atoms in total. The number of ether oxygens (including phenoxy) is 1. The Balaban J connectivity index is 0.00000182. The molecule has 25 heavy (non-hydrogen) atoms. The van der Waals surface area contributed by atoms with E-state index in [0.717, 1.165) is 28.6 Å². The van der Waals surface area contributed by atoms with Crippen LogP contribution in [0.4, 0.5) is 0 Å². The normalized spacial score (nSPS) is 29.0. The average molecular weight is 360 g/mol. The lowest BCUT2D eigenvalue weighted by atomic mass is 9.58. The van der Waals surface area contributed by atoms with Gasteiger partial charge in [-0.15, -0.1) is 19.0 Å². The SMILES string of the molecule is C=CC1CC2CC[C@H]1C[C@H]2[C@H](O)c1ccnc2ccc(OC)cc12.Cl. The second kappa shape index (κ2) is 7.35. The van der Waals surface area contributed by atoms with E-state index in [-0.39, 0.29) is 12.4 Å². The van der Waals surface area contributed by atoms with E-state index in [1.54, 1.807) is 13.3 Å². The molecular formula is C21H26ClNO2. The molecule has 0 aliphatic heterocycles. The number of hydrogen-bond donors (Lipinski definition) is 1. The summed E-state index contributed by atoms with van der Waals surface area (Å²) < 4.78 is 5.36. The van der Waals surface area contributed by atoms with Gasteiger partial charge in [-0.1, -0.05) is 6.08 Å². The van der Waals surface area contributed by atoms with Crippen LogP contribution < -0.4 is 4.74 Å². The van der Waals surface area contributed by atoms with Crippen LogP contribution in [-0.2, 0) is 0 Å². The first-order chi connectivity index (χ1) is 11.7. The van der Waals surface area contributed by atoms with Crippen LogP contribution in [0.25, 0.3) is 10.9 Å². The number of pyridine rings is 1. The summed E-state index contributed by atoms with van der Waals surface area (Å²) in [7, 11) is 1.67. The van der Waals surface area contributed by atoms with Gasteiger partial charge in [-0.25, -0.2) is 0 Å². The van der Waals surface area contributed by atoms with Crippen molar-refractivity contribution in [3.05, 3.63) is 48.7 Å². The molecule has 3 aliphatic rings. The number of nitrogens with zero attached hydrogens (tertiary/aromatic N) is 1. The molecule has 0 saturated heterocycles. The van der Waals surface area contributed by atoms with Gasteiger partial charge in [-0.2, -0.15) is 0 Å². The third-order valence-corrected chi connectivity index (χ3v) is 6.28. The first-order valence-electron chi connectivity index (χ1n) is 8.94. The van der Waals surface area contributed by atoms with Gasteiger partial charge in [0.05, 0.1) is 18.7 Å². The van der Waals surface area contributed by atoms with E-state index in [1.165, 1.54) is 19.3 Å². The Hall–Kier alpha value is -1.58. The number of fused-ring (bicyclic) bond motifs is 4. The molecule has 1 aromatic carbocycles. The second-order valence-corrected chi connectivity index (χ2v) is 7.36. The van der Waals surface area contributed by atoms with E-state index < -0.39 is 6.10 Å². The lowest BCUT2D eigenvalue weighted by Crippen LogP contribution is -2.39. The summed E-state index contributed by atoms with van der Waals surface area (Å²) in [6, 6.07) is 7.85. The van der Waals surface area contributed by atoms with Crippen LogP contribution in [0.2, 0.25) is 0 Å². The minimum absolute atomic E-state index is 0. The molecule has 1 heterocycles. The van der Waals surface area contributed by atoms with Crippen molar-refractivity contribution in [1.82, 2.24) is 4.98 Å². The number of hydrogen-bond acceptors (Lipinski definition) is 3. The summed E-state index contributed by atoms with van der Waals surface area (Å²) in [5, 5.41) is 12.2. The number of benzene rings is 1. The quantitative estimate of drug-likeness (QED) is 0.786. The number of methoxy groups -OCH3 is 1. The third kappa shape index (κ3) is 3.16. The van der Waals surface area contributed by atoms with Gasteiger partial charge in [0.15, 0.2) is 0 Å². The van der Waals surface area contributed by atoms with Gasteiger partial charge in [0.25, 0.3) is 0 Å². The van der Waals surface area contributed by atoms with Gasteiger partial charge < -0.3 is 9.84 Å². The van der Waals surface area contributed by atoms with Crippen molar-refractivity contribution in [2.45, 2.75) is 31.8 Å². The Kier molecular flexibility index (Phi) is 5.35. The molecule has 3 aliphatic carbocycles. The van der Waals surface area contributed by atoms with Crippen molar-refractivity contribution in [2.75, 3.05) is 7.11 Å². The molecule has 5 atom stereocenters. The number of rotatable bonds is 4. The highest BCUT2D eigenvalue weighted by Gasteiger charge is 2.43. The first-order valence-corrected chi connectivity index (χ1v) is 8.94. The Morgan fingerprint density at radius 1 is 1.24 bits per heavy atom. The van der Waals surface area contributed by atoms with E-state index in [4.69, 9.17) is 4.74 Å². The highest BCUT2D eigenvalue weighted by molar-refractivity contribution is 5.85. The molecule has 2 aromatic rings. The van der Waals surface area contributed by atoms with Crippen LogP contribution in [0, 0.1) is 23.7 Å². The Morgan fingerprint density at radius 3 is 2.72 bits per heavy atom. The Labute approximate surface area is 155 Å². The van der Waals surface area contributed by atoms with E-state index in [2.05, 4.69) is 17.6 Å². The molecular weight excluding hydrogens is 334 g/mol. The zero-order chi connectivity index (χ0) is 16.7. The summed E-state index contributed by atoms with van der Waals surface area (Å²) in [4.78, 5) is 4.44. The molecule has 3 saturated carbocycles. The van der Waals surface area contributed by atoms with Crippen molar-refractivity contribution in [2.24, 2.45) is 23.7 Å². The number of halogens is 1. The van der Waals surface area contributed by atoms with Gasteiger partial charge in [0.1, 0.15) is 5.75 Å². The molecule has 5 rings (SSSR count). The van der Waals surface area contributed by atoms with Gasteiger partial charge >= 0.3 is 0 Å². The lowest BCUT2D eigenvalue weighted by molar-refractivity contribution is -0.0217. The highest BCUT2D eigenvalue weighted by Crippen LogP contribution is 2.52. The van der Waals surface area contributed by atoms with Gasteiger partial charge in [0, 0.05) is 11.6 Å². The zero-order valence-corrected chi connectivity index (χ0v) is 15.4. The van der Waals surface area contributed by atoms with Crippen molar-refractivity contribution in [3.63, 3.8) is 0 Å². The number of aliphatic hydroxyl groups is 1. The molecule has 4 heteroatoms. The van der Waals surface area contributed by atoms with E-state index in [0.29, 0.717) is 23.7 Å². The van der Waals surface area contributed by atoms with Crippen molar-refractivity contribution in [3.8, 4) is 5.75 Å². The van der Waals surface area contributed by atoms with Crippen molar-refractivity contribution < 1.29 is 9.84 Å². The number of aromatic nitrogens is 1. The van der Waals surface area contributed by atoms with Crippen molar-refractivity contribution >= 4 is 23.3 Å². The number of allylic oxidation sites excluding steroid dienone is 1.